The number of amides is 1. The second-order valence-electron chi connectivity index (χ2n) is 5.70. The molecule has 2 aromatic heterocycles. The van der Waals surface area contributed by atoms with E-state index in [9.17, 15) is 4.79 Å². The van der Waals surface area contributed by atoms with Crippen molar-refractivity contribution in [2.45, 2.75) is 26.3 Å². The van der Waals surface area contributed by atoms with E-state index >= 15 is 0 Å². The highest BCUT2D eigenvalue weighted by Crippen LogP contribution is 2.18. The van der Waals surface area contributed by atoms with E-state index in [-0.39, 0.29) is 5.91 Å². The first-order chi connectivity index (χ1) is 11.8. The predicted molar refractivity (Wildman–Crippen MR) is 88.9 cm³/mol. The summed E-state index contributed by atoms with van der Waals surface area (Å²) in [7, 11) is 0. The van der Waals surface area contributed by atoms with E-state index in [0.717, 1.165) is 43.1 Å². The summed E-state index contributed by atoms with van der Waals surface area (Å²) < 4.78 is 10.5. The van der Waals surface area contributed by atoms with Gasteiger partial charge >= 0.3 is 0 Å². The number of aromatic nitrogens is 2. The maximum atomic E-state index is 12.2. The van der Waals surface area contributed by atoms with Crippen LogP contribution in [0.4, 0.5) is 5.82 Å². The average Bonchev–Trinajstić information content (AvgIpc) is 3.10. The zero-order valence-corrected chi connectivity index (χ0v) is 13.8. The van der Waals surface area contributed by atoms with Crippen LogP contribution in [0.15, 0.2) is 28.9 Å². The zero-order valence-electron chi connectivity index (χ0n) is 13.8. The SMILES string of the molecule is CCCc1cc(C(=O)NCc2cccnc2N2CCOCC2)no1. The van der Waals surface area contributed by atoms with Gasteiger partial charge in [-0.2, -0.15) is 0 Å². The van der Waals surface area contributed by atoms with Crippen LogP contribution in [0.5, 0.6) is 0 Å². The van der Waals surface area contributed by atoms with Gasteiger partial charge in [0.15, 0.2) is 5.69 Å². The van der Waals surface area contributed by atoms with Crippen LogP contribution in [0, 0.1) is 0 Å². The van der Waals surface area contributed by atoms with Gasteiger partial charge in [-0.1, -0.05) is 18.1 Å². The van der Waals surface area contributed by atoms with Crippen molar-refractivity contribution in [3.05, 3.63) is 41.4 Å². The Morgan fingerprint density at radius 2 is 2.21 bits per heavy atom. The number of pyridine rings is 1. The first-order valence-electron chi connectivity index (χ1n) is 8.28. The lowest BCUT2D eigenvalue weighted by atomic mass is 10.2. The minimum absolute atomic E-state index is 0.238. The van der Waals surface area contributed by atoms with Gasteiger partial charge in [-0.25, -0.2) is 4.98 Å². The van der Waals surface area contributed by atoms with Gasteiger partial charge in [0.2, 0.25) is 0 Å². The average molecular weight is 330 g/mol. The van der Waals surface area contributed by atoms with Gasteiger partial charge in [-0.3, -0.25) is 4.79 Å². The molecule has 1 N–H and O–H groups in total. The molecule has 7 nitrogen and oxygen atoms in total. The number of nitrogens with zero attached hydrogens (tertiary/aromatic N) is 3. The lowest BCUT2D eigenvalue weighted by Crippen LogP contribution is -2.37. The van der Waals surface area contributed by atoms with Crippen molar-refractivity contribution in [2.75, 3.05) is 31.2 Å². The second-order valence-corrected chi connectivity index (χ2v) is 5.70. The van der Waals surface area contributed by atoms with Gasteiger partial charge in [-0.15, -0.1) is 0 Å². The molecule has 0 aliphatic carbocycles. The minimum atomic E-state index is -0.238. The molecular formula is C17H22N4O3. The lowest BCUT2D eigenvalue weighted by molar-refractivity contribution is 0.0941. The number of carbonyl (C=O) groups is 1. The normalized spacial score (nSPS) is 14.6. The Kier molecular flexibility index (Phi) is 5.43. The van der Waals surface area contributed by atoms with Crippen LogP contribution in [0.25, 0.3) is 0 Å². The van der Waals surface area contributed by atoms with Gasteiger partial charge in [-0.05, 0) is 12.5 Å². The summed E-state index contributed by atoms with van der Waals surface area (Å²) in [5.41, 5.74) is 1.29. The van der Waals surface area contributed by atoms with Gasteiger partial charge in [0.1, 0.15) is 11.6 Å². The van der Waals surface area contributed by atoms with E-state index < -0.39 is 0 Å². The highest BCUT2D eigenvalue weighted by atomic mass is 16.5. The molecule has 0 radical (unpaired) electrons. The van der Waals surface area contributed by atoms with E-state index in [1.54, 1.807) is 12.3 Å². The summed E-state index contributed by atoms with van der Waals surface area (Å²) in [6.45, 7) is 5.46. The van der Waals surface area contributed by atoms with Crippen LogP contribution in [0.2, 0.25) is 0 Å². The summed E-state index contributed by atoms with van der Waals surface area (Å²) in [5, 5.41) is 6.72. The molecular weight excluding hydrogens is 308 g/mol. The van der Waals surface area contributed by atoms with Crippen molar-refractivity contribution >= 4 is 11.7 Å². The quantitative estimate of drug-likeness (QED) is 0.870. The number of ether oxygens (including phenoxy) is 1. The highest BCUT2D eigenvalue weighted by Gasteiger charge is 2.17. The van der Waals surface area contributed by atoms with Gasteiger partial charge < -0.3 is 19.5 Å². The van der Waals surface area contributed by atoms with E-state index in [4.69, 9.17) is 9.26 Å². The van der Waals surface area contributed by atoms with Crippen LogP contribution >= 0.6 is 0 Å². The summed E-state index contributed by atoms with van der Waals surface area (Å²) in [5.74, 6) is 1.39. The number of aryl methyl sites for hydroxylation is 1. The molecule has 128 valence electrons. The fraction of sp³-hybridized carbons (Fsp3) is 0.471. The zero-order chi connectivity index (χ0) is 16.8. The number of carbonyl (C=O) groups excluding carboxylic acids is 1. The number of hydrogen-bond donors (Lipinski definition) is 1. The lowest BCUT2D eigenvalue weighted by Gasteiger charge is -2.29. The number of rotatable bonds is 6. The number of nitrogens with one attached hydrogen (secondary N) is 1. The minimum Gasteiger partial charge on any atom is -0.378 e. The molecule has 0 spiro atoms. The second kappa shape index (κ2) is 7.92. The molecule has 7 heteroatoms. The third-order valence-electron chi connectivity index (χ3n) is 3.91. The van der Waals surface area contributed by atoms with Crippen LogP contribution in [0.1, 0.15) is 35.2 Å². The monoisotopic (exact) mass is 330 g/mol. The van der Waals surface area contributed by atoms with Crippen molar-refractivity contribution in [1.82, 2.24) is 15.5 Å². The van der Waals surface area contributed by atoms with E-state index in [2.05, 4.69) is 27.3 Å². The fourth-order valence-corrected chi connectivity index (χ4v) is 2.68. The maximum absolute atomic E-state index is 12.2. The Morgan fingerprint density at radius 3 is 3.00 bits per heavy atom. The summed E-state index contributed by atoms with van der Waals surface area (Å²) >= 11 is 0. The molecule has 0 aromatic carbocycles. The maximum Gasteiger partial charge on any atom is 0.273 e. The summed E-state index contributed by atoms with van der Waals surface area (Å²) in [6.07, 6.45) is 3.50. The Morgan fingerprint density at radius 1 is 1.38 bits per heavy atom. The van der Waals surface area contributed by atoms with Crippen LogP contribution in [-0.2, 0) is 17.7 Å². The Hall–Kier alpha value is -2.41. The van der Waals surface area contributed by atoms with Crippen LogP contribution in [0.3, 0.4) is 0 Å². The largest absolute Gasteiger partial charge is 0.378 e. The number of hydrogen-bond acceptors (Lipinski definition) is 6. The van der Waals surface area contributed by atoms with E-state index in [1.165, 1.54) is 0 Å². The summed E-state index contributed by atoms with van der Waals surface area (Å²) in [4.78, 5) is 18.9. The number of morpholine rings is 1. The predicted octanol–water partition coefficient (Wildman–Crippen LogP) is 1.79. The molecule has 0 unspecified atom stereocenters. The highest BCUT2D eigenvalue weighted by molar-refractivity contribution is 5.92. The van der Waals surface area contributed by atoms with E-state index in [0.29, 0.717) is 25.5 Å². The van der Waals surface area contributed by atoms with Crippen molar-refractivity contribution in [1.29, 1.82) is 0 Å². The van der Waals surface area contributed by atoms with Crippen molar-refractivity contribution in [3.8, 4) is 0 Å². The van der Waals surface area contributed by atoms with E-state index in [1.807, 2.05) is 12.1 Å². The molecule has 3 rings (SSSR count). The fourth-order valence-electron chi connectivity index (χ4n) is 2.68. The first-order valence-corrected chi connectivity index (χ1v) is 8.28. The van der Waals surface area contributed by atoms with Gasteiger partial charge in [0.25, 0.3) is 5.91 Å². The molecule has 1 amide bonds. The smallest absolute Gasteiger partial charge is 0.273 e. The molecule has 3 heterocycles. The van der Waals surface area contributed by atoms with Crippen molar-refractivity contribution in [3.63, 3.8) is 0 Å². The molecule has 1 aliphatic rings. The third kappa shape index (κ3) is 3.91. The Labute approximate surface area is 141 Å². The molecule has 0 saturated carbocycles. The third-order valence-corrected chi connectivity index (χ3v) is 3.91. The molecule has 1 saturated heterocycles. The molecule has 0 atom stereocenters. The molecule has 1 fully saturated rings. The van der Waals surface area contributed by atoms with Crippen LogP contribution < -0.4 is 10.2 Å². The van der Waals surface area contributed by atoms with Gasteiger partial charge in [0.05, 0.1) is 13.2 Å². The molecule has 2 aromatic rings. The molecule has 24 heavy (non-hydrogen) atoms. The Balaban J connectivity index is 1.64. The topological polar surface area (TPSA) is 80.5 Å². The molecule has 0 bridgehead atoms. The van der Waals surface area contributed by atoms with Crippen molar-refractivity contribution < 1.29 is 14.1 Å². The van der Waals surface area contributed by atoms with Crippen molar-refractivity contribution in [2.24, 2.45) is 0 Å². The van der Waals surface area contributed by atoms with Gasteiger partial charge in [0, 0.05) is 43.9 Å². The van der Waals surface area contributed by atoms with Crippen LogP contribution in [-0.4, -0.2) is 42.4 Å². The Bertz CT molecular complexity index is 680. The molecule has 1 aliphatic heterocycles. The standard InChI is InChI=1S/C17H22N4O3/c1-2-4-14-11-15(20-24-14)17(22)19-12-13-5-3-6-18-16(13)21-7-9-23-10-8-21/h3,5-6,11H,2,4,7-10,12H2,1H3,(H,19,22). The summed E-state index contributed by atoms with van der Waals surface area (Å²) in [6, 6.07) is 5.55. The first kappa shape index (κ1) is 16.4. The number of anilines is 1.